The summed E-state index contributed by atoms with van der Waals surface area (Å²) < 4.78 is 0. The van der Waals surface area contributed by atoms with Crippen molar-refractivity contribution in [2.45, 2.75) is 109 Å². The lowest BCUT2D eigenvalue weighted by molar-refractivity contribution is -0.112. The number of carbonyl (C=O) groups excluding carboxylic acids is 3. The number of benzene rings is 6. The minimum Gasteiger partial charge on any atom is -0.478 e. The molecule has 370 valence electrons. The van der Waals surface area contributed by atoms with Crippen molar-refractivity contribution in [3.05, 3.63) is 221 Å². The van der Waals surface area contributed by atoms with Gasteiger partial charge in [0.25, 0.3) is 11.7 Å². The predicted molar refractivity (Wildman–Crippen MR) is 297 cm³/mol. The molecule has 0 unspecified atom stereocenters. The first-order chi connectivity index (χ1) is 34.4. The quantitative estimate of drug-likeness (QED) is 0.115. The molecule has 0 bridgehead atoms. The Bertz CT molecular complexity index is 2630. The van der Waals surface area contributed by atoms with Crippen LogP contribution in [0.3, 0.4) is 0 Å². The third kappa shape index (κ3) is 21.6. The standard InChI is InChI=1S/C17H13NO2.C16H13N.C9H10O.C8H5NO2.6C2H6/c19-17(20)16-13(10-12-6-2-1-3-7-12)11-18-15-9-5-4-8-14(15)16;1-2-6-13(7-3-1)10-14-11-15-8-4-5-9-16(15)17-12-14;10-8-4-7-9-5-2-1-3-6-9;10-7-5-3-1-2-4-6(5)9-8(7)11;6*1-2/h1-9,11H,10H2,(H,19,20);1-9,11-12H,10H2;1-3,5-6,8H,4,7H2;1-4H,(H,9,10,11);6*1-2H3. The maximum atomic E-state index is 11.6. The highest BCUT2D eigenvalue weighted by molar-refractivity contribution is 6.51. The summed E-state index contributed by atoms with van der Waals surface area (Å²) >= 11 is 0. The van der Waals surface area contributed by atoms with Crippen molar-refractivity contribution in [1.82, 2.24) is 9.97 Å². The number of rotatable bonds is 8. The third-order valence-electron chi connectivity index (χ3n) is 9.22. The highest BCUT2D eigenvalue weighted by atomic mass is 16.4. The molecule has 2 aromatic heterocycles. The van der Waals surface area contributed by atoms with Gasteiger partial charge in [-0.2, -0.15) is 0 Å². The number of nitrogens with zero attached hydrogens (tertiary/aromatic N) is 2. The molecule has 6 aromatic carbocycles. The smallest absolute Gasteiger partial charge is 0.336 e. The fourth-order valence-electron chi connectivity index (χ4n) is 6.39. The van der Waals surface area contributed by atoms with Gasteiger partial charge in [0, 0.05) is 29.6 Å². The topological polar surface area (TPSA) is 126 Å². The molecule has 0 radical (unpaired) electrons. The van der Waals surface area contributed by atoms with E-state index in [1.165, 1.54) is 22.1 Å². The average molecular weight is 944 g/mol. The summed E-state index contributed by atoms with van der Waals surface area (Å²) in [6.45, 7) is 24.0. The number of aromatic carboxylic acids is 1. The summed E-state index contributed by atoms with van der Waals surface area (Å²) in [6.07, 6.45) is 7.59. The van der Waals surface area contributed by atoms with Crippen LogP contribution < -0.4 is 5.32 Å². The van der Waals surface area contributed by atoms with Crippen LogP contribution in [0.25, 0.3) is 21.8 Å². The van der Waals surface area contributed by atoms with Crippen LogP contribution in [0, 0.1) is 0 Å². The summed E-state index contributed by atoms with van der Waals surface area (Å²) in [5.41, 5.74) is 8.83. The maximum absolute atomic E-state index is 11.6. The van der Waals surface area contributed by atoms with Gasteiger partial charge in [0.05, 0.1) is 27.8 Å². The molecule has 8 heteroatoms. The van der Waals surface area contributed by atoms with E-state index >= 15 is 0 Å². The lowest BCUT2D eigenvalue weighted by Crippen LogP contribution is -2.12. The summed E-state index contributed by atoms with van der Waals surface area (Å²) in [6, 6.07) is 54.9. The van der Waals surface area contributed by atoms with Crippen molar-refractivity contribution in [3.63, 3.8) is 0 Å². The third-order valence-corrected chi connectivity index (χ3v) is 9.22. The molecule has 1 amide bonds. The number of nitrogens with one attached hydrogen (secondary N) is 1. The molecule has 9 rings (SSSR count). The van der Waals surface area contributed by atoms with Gasteiger partial charge in [0.2, 0.25) is 0 Å². The molecule has 3 heterocycles. The fraction of sp³-hybridized carbons (Fsp3) is 0.258. The van der Waals surface area contributed by atoms with Gasteiger partial charge >= 0.3 is 5.97 Å². The fourth-order valence-corrected chi connectivity index (χ4v) is 6.39. The van der Waals surface area contributed by atoms with E-state index in [1.54, 1.807) is 36.5 Å². The minimum absolute atomic E-state index is 0.347. The molecule has 0 fully saturated rings. The van der Waals surface area contributed by atoms with Crippen molar-refractivity contribution < 1.29 is 24.3 Å². The Kier molecular flexibility index (Phi) is 35.1. The van der Waals surface area contributed by atoms with E-state index < -0.39 is 17.7 Å². The number of aldehydes is 1. The molecule has 0 spiro atoms. The average Bonchev–Trinajstić information content (AvgIpc) is 3.74. The molecule has 0 saturated heterocycles. The first kappa shape index (κ1) is 62.4. The molecule has 8 aromatic rings. The zero-order valence-corrected chi connectivity index (χ0v) is 43.7. The Balaban J connectivity index is 0.000000867. The largest absolute Gasteiger partial charge is 0.478 e. The van der Waals surface area contributed by atoms with Gasteiger partial charge in [0.15, 0.2) is 0 Å². The van der Waals surface area contributed by atoms with Gasteiger partial charge in [0.1, 0.15) is 6.29 Å². The van der Waals surface area contributed by atoms with Crippen LogP contribution in [0.15, 0.2) is 182 Å². The second kappa shape index (κ2) is 39.4. The van der Waals surface area contributed by atoms with E-state index in [9.17, 15) is 24.3 Å². The van der Waals surface area contributed by atoms with E-state index in [0.29, 0.717) is 40.6 Å². The predicted octanol–water partition coefficient (Wildman–Crippen LogP) is 16.1. The van der Waals surface area contributed by atoms with Crippen molar-refractivity contribution in [2.75, 3.05) is 5.32 Å². The maximum Gasteiger partial charge on any atom is 0.336 e. The Hall–Kier alpha value is -7.58. The second-order valence-electron chi connectivity index (χ2n) is 13.4. The molecule has 8 nitrogen and oxygen atoms in total. The summed E-state index contributed by atoms with van der Waals surface area (Å²) in [4.78, 5) is 52.2. The zero-order chi connectivity index (χ0) is 52.5. The Morgan fingerprint density at radius 3 is 1.51 bits per heavy atom. The number of Topliss-reactive ketones (excluding diaryl/α,β-unsaturated/α-hetero) is 1. The van der Waals surface area contributed by atoms with E-state index in [1.807, 2.05) is 186 Å². The number of hydrogen-bond acceptors (Lipinski definition) is 6. The Labute approximate surface area is 419 Å². The molecule has 1 aliphatic rings. The first-order valence-electron chi connectivity index (χ1n) is 24.8. The molecule has 70 heavy (non-hydrogen) atoms. The number of amides is 1. The summed E-state index contributed by atoms with van der Waals surface area (Å²) in [5, 5.41) is 13.9. The monoisotopic (exact) mass is 944 g/mol. The Morgan fingerprint density at radius 1 is 0.514 bits per heavy atom. The number of carboxylic acids is 1. The van der Waals surface area contributed by atoms with Crippen LogP contribution in [-0.4, -0.2) is 39.0 Å². The van der Waals surface area contributed by atoms with E-state index in [0.717, 1.165) is 35.8 Å². The number of aromatic nitrogens is 2. The van der Waals surface area contributed by atoms with Gasteiger partial charge in [-0.3, -0.25) is 19.6 Å². The number of anilines is 1. The molecular formula is C62H77N3O5. The van der Waals surface area contributed by atoms with Gasteiger partial charge in [-0.1, -0.05) is 223 Å². The summed E-state index contributed by atoms with van der Waals surface area (Å²) in [7, 11) is 0. The second-order valence-corrected chi connectivity index (χ2v) is 13.4. The first-order valence-corrected chi connectivity index (χ1v) is 24.8. The van der Waals surface area contributed by atoms with Crippen LogP contribution in [0.5, 0.6) is 0 Å². The van der Waals surface area contributed by atoms with E-state index in [2.05, 4.69) is 57.7 Å². The van der Waals surface area contributed by atoms with Gasteiger partial charge in [-0.25, -0.2) is 4.79 Å². The number of aryl methyl sites for hydroxylation is 1. The number of carbonyl (C=O) groups is 4. The number of pyridine rings is 2. The molecule has 0 aliphatic carbocycles. The van der Waals surface area contributed by atoms with E-state index in [-0.39, 0.29) is 0 Å². The van der Waals surface area contributed by atoms with Crippen LogP contribution in [0.4, 0.5) is 5.69 Å². The lowest BCUT2D eigenvalue weighted by atomic mass is 9.98. The number of ketones is 1. The van der Waals surface area contributed by atoms with Crippen molar-refractivity contribution in [3.8, 4) is 0 Å². The van der Waals surface area contributed by atoms with Crippen molar-refractivity contribution in [2.24, 2.45) is 0 Å². The number of hydrogen-bond donors (Lipinski definition) is 2. The molecule has 1 aliphatic heterocycles. The van der Waals surface area contributed by atoms with Crippen LogP contribution in [0.1, 0.15) is 138 Å². The minimum atomic E-state index is -0.908. The zero-order valence-electron chi connectivity index (χ0n) is 43.7. The highest BCUT2D eigenvalue weighted by Crippen LogP contribution is 2.23. The SMILES string of the molecule is CC.CC.CC.CC.CC.CC.O=C(O)c1c(Cc2ccccc2)cnc2ccccc12.O=C1Nc2ccccc2C1=O.O=CCCc1ccccc1.c1ccc(Cc2cnc3ccccc3c2)cc1. The highest BCUT2D eigenvalue weighted by Gasteiger charge is 2.26. The number of carboxylic acid groups (broad SMARTS) is 1. The van der Waals surface area contributed by atoms with E-state index in [4.69, 9.17) is 0 Å². The number of fused-ring (bicyclic) bond motifs is 3. The molecule has 0 saturated carbocycles. The van der Waals surface area contributed by atoms with Crippen molar-refractivity contribution in [1.29, 1.82) is 0 Å². The van der Waals surface area contributed by atoms with Gasteiger partial charge in [-0.05, 0) is 77.4 Å². The normalized spacial score (nSPS) is 9.71. The molecular weight excluding hydrogens is 867 g/mol. The molecule has 0 atom stereocenters. The van der Waals surface area contributed by atoms with Gasteiger partial charge < -0.3 is 15.2 Å². The Morgan fingerprint density at radius 2 is 0.971 bits per heavy atom. The van der Waals surface area contributed by atoms with Crippen LogP contribution in [-0.2, 0) is 28.9 Å². The number of para-hydroxylation sites is 3. The molecule has 2 N–H and O–H groups in total. The van der Waals surface area contributed by atoms with Crippen LogP contribution in [0.2, 0.25) is 0 Å². The summed E-state index contributed by atoms with van der Waals surface area (Å²) in [5.74, 6) is -1.89. The van der Waals surface area contributed by atoms with Gasteiger partial charge in [-0.15, -0.1) is 0 Å². The van der Waals surface area contributed by atoms with Crippen LogP contribution >= 0.6 is 0 Å². The van der Waals surface area contributed by atoms with Crippen molar-refractivity contribution >= 4 is 51.4 Å². The lowest BCUT2D eigenvalue weighted by Gasteiger charge is -2.09.